The molecule has 1 aromatic rings. The van der Waals surface area contributed by atoms with Crippen LogP contribution in [0.5, 0.6) is 0 Å². The van der Waals surface area contributed by atoms with E-state index < -0.39 is 0 Å². The molecule has 0 fully saturated rings. The largest absolute Gasteiger partial charge is 0.472 e. The van der Waals surface area contributed by atoms with E-state index in [-0.39, 0.29) is 5.84 Å². The first-order valence-electron chi connectivity index (χ1n) is 3.51. The van der Waals surface area contributed by atoms with Crippen LogP contribution >= 0.6 is 0 Å². The molecule has 1 rings (SSSR count). The molecule has 0 amide bonds. The van der Waals surface area contributed by atoms with Crippen LogP contribution in [0.25, 0.3) is 0 Å². The number of oxime groups is 1. The van der Waals surface area contributed by atoms with Gasteiger partial charge in [-0.25, -0.2) is 0 Å². The summed E-state index contributed by atoms with van der Waals surface area (Å²) < 4.78 is 4.85. The van der Waals surface area contributed by atoms with Crippen molar-refractivity contribution in [3.8, 4) is 0 Å². The van der Waals surface area contributed by atoms with Gasteiger partial charge in [0.15, 0.2) is 5.84 Å². The van der Waals surface area contributed by atoms with Gasteiger partial charge in [-0.15, -0.1) is 0 Å². The van der Waals surface area contributed by atoms with E-state index in [1.807, 2.05) is 6.07 Å². The number of nitrogens with zero attached hydrogens (tertiary/aromatic N) is 1. The predicted molar refractivity (Wildman–Crippen MR) is 43.8 cm³/mol. The third-order valence-corrected chi connectivity index (χ3v) is 1.34. The van der Waals surface area contributed by atoms with Crippen LogP contribution in [0.15, 0.2) is 28.2 Å². The fourth-order valence-corrected chi connectivity index (χ4v) is 0.763. The average molecular weight is 169 g/mol. The van der Waals surface area contributed by atoms with Crippen molar-refractivity contribution in [1.82, 2.24) is 5.32 Å². The van der Waals surface area contributed by atoms with Gasteiger partial charge in [-0.05, 0) is 6.07 Å². The summed E-state index contributed by atoms with van der Waals surface area (Å²) in [6.07, 6.45) is 3.24. The number of hydrogen-bond acceptors (Lipinski definition) is 4. The van der Waals surface area contributed by atoms with Crippen LogP contribution in [0, 0.1) is 0 Å². The molecule has 0 aliphatic rings. The summed E-state index contributed by atoms with van der Waals surface area (Å²) in [5.74, 6) is 0.165. The second-order valence-corrected chi connectivity index (χ2v) is 2.33. The lowest BCUT2D eigenvalue weighted by atomic mass is 10.3. The predicted octanol–water partition coefficient (Wildman–Crippen LogP) is 0.116. The zero-order valence-corrected chi connectivity index (χ0v) is 6.53. The fourth-order valence-electron chi connectivity index (χ4n) is 0.763. The number of nitrogens with two attached hydrogens (primary N) is 1. The highest BCUT2D eigenvalue weighted by molar-refractivity contribution is 5.81. The summed E-state index contributed by atoms with van der Waals surface area (Å²) in [4.78, 5) is 0. The van der Waals surface area contributed by atoms with Gasteiger partial charge in [-0.1, -0.05) is 5.16 Å². The Kier molecular flexibility index (Phi) is 3.16. The Morgan fingerprint density at radius 1 is 1.75 bits per heavy atom. The Hall–Kier alpha value is -1.49. The van der Waals surface area contributed by atoms with E-state index in [1.165, 1.54) is 0 Å². The lowest BCUT2D eigenvalue weighted by Crippen LogP contribution is -2.28. The number of nitrogens with one attached hydrogen (secondary N) is 1. The smallest absolute Gasteiger partial charge is 0.153 e. The van der Waals surface area contributed by atoms with Crippen molar-refractivity contribution >= 4 is 5.84 Å². The number of hydrogen-bond donors (Lipinski definition) is 3. The van der Waals surface area contributed by atoms with Crippen LogP contribution in [-0.2, 0) is 6.54 Å². The first-order valence-corrected chi connectivity index (χ1v) is 3.51. The molecule has 0 bridgehead atoms. The average Bonchev–Trinajstić information content (AvgIpc) is 2.57. The summed E-state index contributed by atoms with van der Waals surface area (Å²) in [5, 5.41) is 14.0. The summed E-state index contributed by atoms with van der Waals surface area (Å²) >= 11 is 0. The molecule has 0 aliphatic carbocycles. The minimum atomic E-state index is 0.165. The van der Waals surface area contributed by atoms with Gasteiger partial charge in [0.2, 0.25) is 0 Å². The van der Waals surface area contributed by atoms with E-state index in [2.05, 4.69) is 10.5 Å². The first-order chi connectivity index (χ1) is 5.83. The highest BCUT2D eigenvalue weighted by atomic mass is 16.4. The summed E-state index contributed by atoms with van der Waals surface area (Å²) in [5.41, 5.74) is 6.25. The molecule has 1 heterocycles. The molecule has 0 atom stereocenters. The molecular weight excluding hydrogens is 158 g/mol. The highest BCUT2D eigenvalue weighted by Crippen LogP contribution is 1.97. The summed E-state index contributed by atoms with van der Waals surface area (Å²) in [7, 11) is 0. The van der Waals surface area contributed by atoms with E-state index >= 15 is 0 Å². The summed E-state index contributed by atoms with van der Waals surface area (Å²) in [6, 6.07) is 1.85. The van der Waals surface area contributed by atoms with E-state index in [4.69, 9.17) is 15.4 Å². The topological polar surface area (TPSA) is 83.8 Å². The number of furan rings is 1. The normalized spacial score (nSPS) is 11.8. The van der Waals surface area contributed by atoms with Crippen molar-refractivity contribution in [3.05, 3.63) is 24.2 Å². The molecule has 0 saturated carbocycles. The van der Waals surface area contributed by atoms with Gasteiger partial charge in [0.25, 0.3) is 0 Å². The molecule has 4 N–H and O–H groups in total. The van der Waals surface area contributed by atoms with Gasteiger partial charge >= 0.3 is 0 Å². The third-order valence-electron chi connectivity index (χ3n) is 1.34. The lowest BCUT2D eigenvalue weighted by Gasteiger charge is -1.99. The van der Waals surface area contributed by atoms with Crippen molar-refractivity contribution in [2.45, 2.75) is 6.54 Å². The van der Waals surface area contributed by atoms with Crippen LogP contribution in [0.1, 0.15) is 5.56 Å². The monoisotopic (exact) mass is 169 g/mol. The maximum Gasteiger partial charge on any atom is 0.153 e. The molecule has 0 radical (unpaired) electrons. The van der Waals surface area contributed by atoms with Crippen LogP contribution in [0.4, 0.5) is 0 Å². The molecular formula is C7H11N3O2. The van der Waals surface area contributed by atoms with Crippen LogP contribution < -0.4 is 11.1 Å². The summed E-state index contributed by atoms with van der Waals surface area (Å²) in [6.45, 7) is 1.01. The molecule has 1 aromatic heterocycles. The molecule has 66 valence electrons. The molecule has 0 saturated heterocycles. The Labute approximate surface area is 69.9 Å². The Balaban J connectivity index is 2.19. The number of amidine groups is 1. The SMILES string of the molecule is N/C(CNCc1ccoc1)=N/O. The van der Waals surface area contributed by atoms with E-state index in [1.54, 1.807) is 12.5 Å². The van der Waals surface area contributed by atoms with Crippen molar-refractivity contribution in [3.63, 3.8) is 0 Å². The van der Waals surface area contributed by atoms with Gasteiger partial charge in [0.1, 0.15) is 0 Å². The Morgan fingerprint density at radius 3 is 3.17 bits per heavy atom. The van der Waals surface area contributed by atoms with Crippen molar-refractivity contribution in [1.29, 1.82) is 0 Å². The molecule has 5 nitrogen and oxygen atoms in total. The van der Waals surface area contributed by atoms with Crippen molar-refractivity contribution in [2.75, 3.05) is 6.54 Å². The van der Waals surface area contributed by atoms with Crippen molar-refractivity contribution < 1.29 is 9.62 Å². The molecule has 0 spiro atoms. The van der Waals surface area contributed by atoms with Gasteiger partial charge < -0.3 is 20.7 Å². The first kappa shape index (κ1) is 8.61. The quantitative estimate of drug-likeness (QED) is 0.258. The fraction of sp³-hybridized carbons (Fsp3) is 0.286. The Morgan fingerprint density at radius 2 is 2.58 bits per heavy atom. The van der Waals surface area contributed by atoms with E-state index in [0.29, 0.717) is 13.1 Å². The van der Waals surface area contributed by atoms with Crippen LogP contribution in [0.2, 0.25) is 0 Å². The van der Waals surface area contributed by atoms with Gasteiger partial charge in [-0.3, -0.25) is 0 Å². The second-order valence-electron chi connectivity index (χ2n) is 2.33. The molecule has 0 unspecified atom stereocenters. The number of rotatable bonds is 4. The molecule has 0 aromatic carbocycles. The minimum absolute atomic E-state index is 0.165. The maximum atomic E-state index is 8.20. The zero-order valence-electron chi connectivity index (χ0n) is 6.53. The van der Waals surface area contributed by atoms with Gasteiger partial charge in [0, 0.05) is 12.1 Å². The standard InChI is InChI=1S/C7H11N3O2/c8-7(10-11)4-9-3-6-1-2-12-5-6/h1-2,5,9,11H,3-4H2,(H2,8,10). The molecule has 12 heavy (non-hydrogen) atoms. The Bertz CT molecular complexity index is 243. The zero-order chi connectivity index (χ0) is 8.81. The molecule has 0 aliphatic heterocycles. The van der Waals surface area contributed by atoms with Gasteiger partial charge in [0.05, 0.1) is 19.1 Å². The third kappa shape index (κ3) is 2.63. The maximum absolute atomic E-state index is 8.20. The highest BCUT2D eigenvalue weighted by Gasteiger charge is 1.94. The lowest BCUT2D eigenvalue weighted by molar-refractivity contribution is 0.317. The molecule has 5 heteroatoms. The van der Waals surface area contributed by atoms with Gasteiger partial charge in [-0.2, -0.15) is 0 Å². The minimum Gasteiger partial charge on any atom is -0.472 e. The van der Waals surface area contributed by atoms with E-state index in [0.717, 1.165) is 5.56 Å². The van der Waals surface area contributed by atoms with E-state index in [9.17, 15) is 0 Å². The second kappa shape index (κ2) is 4.40. The van der Waals surface area contributed by atoms with Crippen LogP contribution in [-0.4, -0.2) is 17.6 Å². The van der Waals surface area contributed by atoms with Crippen molar-refractivity contribution in [2.24, 2.45) is 10.9 Å². The van der Waals surface area contributed by atoms with Crippen LogP contribution in [0.3, 0.4) is 0 Å².